The van der Waals surface area contributed by atoms with Gasteiger partial charge in [-0.3, -0.25) is 0 Å². The van der Waals surface area contributed by atoms with Gasteiger partial charge in [-0.2, -0.15) is 0 Å². The van der Waals surface area contributed by atoms with Crippen LogP contribution in [0.2, 0.25) is 0 Å². The molecule has 15 heavy (non-hydrogen) atoms. The molecule has 3 heterocycles. The second-order valence-corrected chi connectivity index (χ2v) is 7.25. The Bertz CT molecular complexity index is 420. The minimum atomic E-state index is 1.15. The van der Waals surface area contributed by atoms with Crippen LogP contribution in [0.1, 0.15) is 9.75 Å². The smallest absolute Gasteiger partial charge is 0.0488 e. The first kappa shape index (κ1) is 10.0. The molecule has 76 valence electrons. The highest BCUT2D eigenvalue weighted by molar-refractivity contribution is 8.29. The standard InChI is InChI=1S/C11H8S4/c1-3-8(12-5-1)10-11(15-7-14-10)9-4-2-6-13-9/h1-6H,7H2. The molecule has 0 radical (unpaired) electrons. The minimum Gasteiger partial charge on any atom is -0.143 e. The summed E-state index contributed by atoms with van der Waals surface area (Å²) < 4.78 is 0. The van der Waals surface area contributed by atoms with E-state index < -0.39 is 0 Å². The summed E-state index contributed by atoms with van der Waals surface area (Å²) >= 11 is 7.60. The van der Waals surface area contributed by atoms with Gasteiger partial charge in [-0.15, -0.1) is 46.2 Å². The number of rotatable bonds is 2. The number of thioether (sulfide) groups is 2. The molecule has 0 fully saturated rings. The molecule has 0 unspecified atom stereocenters. The highest BCUT2D eigenvalue weighted by Crippen LogP contribution is 2.51. The molecule has 0 aliphatic carbocycles. The molecule has 0 bridgehead atoms. The van der Waals surface area contributed by atoms with Crippen molar-refractivity contribution in [3.8, 4) is 0 Å². The molecule has 1 aliphatic rings. The van der Waals surface area contributed by atoms with Crippen molar-refractivity contribution in [2.45, 2.75) is 0 Å². The zero-order valence-electron chi connectivity index (χ0n) is 7.80. The summed E-state index contributed by atoms with van der Waals surface area (Å²) in [6.07, 6.45) is 0. The van der Waals surface area contributed by atoms with E-state index in [-0.39, 0.29) is 0 Å². The first-order valence-corrected chi connectivity index (χ1v) is 8.26. The zero-order valence-corrected chi connectivity index (χ0v) is 11.1. The maximum Gasteiger partial charge on any atom is 0.0488 e. The molecule has 0 amide bonds. The van der Waals surface area contributed by atoms with Gasteiger partial charge in [0.1, 0.15) is 0 Å². The summed E-state index contributed by atoms with van der Waals surface area (Å²) in [6.45, 7) is 0. The molecule has 2 aromatic heterocycles. The molecule has 0 saturated heterocycles. The second-order valence-electron chi connectivity index (χ2n) is 3.02. The Kier molecular flexibility index (Phi) is 2.92. The molecular formula is C11H8S4. The fourth-order valence-electron chi connectivity index (χ4n) is 1.46. The second kappa shape index (κ2) is 4.37. The van der Waals surface area contributed by atoms with E-state index in [0.717, 1.165) is 5.08 Å². The van der Waals surface area contributed by atoms with Gasteiger partial charge >= 0.3 is 0 Å². The summed E-state index contributed by atoms with van der Waals surface area (Å²) in [5, 5.41) is 5.45. The first-order valence-electron chi connectivity index (χ1n) is 4.53. The Morgan fingerprint density at radius 2 is 1.33 bits per heavy atom. The third-order valence-corrected chi connectivity index (χ3v) is 6.63. The van der Waals surface area contributed by atoms with Crippen molar-refractivity contribution >= 4 is 56.0 Å². The molecule has 2 aromatic rings. The Labute approximate surface area is 105 Å². The molecule has 0 N–H and O–H groups in total. The highest BCUT2D eigenvalue weighted by Gasteiger charge is 2.20. The molecule has 0 aromatic carbocycles. The van der Waals surface area contributed by atoms with Gasteiger partial charge in [0, 0.05) is 24.6 Å². The molecule has 0 nitrogen and oxygen atoms in total. The van der Waals surface area contributed by atoms with Crippen molar-refractivity contribution in [3.05, 3.63) is 44.8 Å². The topological polar surface area (TPSA) is 0 Å². The Morgan fingerprint density at radius 3 is 1.73 bits per heavy atom. The van der Waals surface area contributed by atoms with Crippen molar-refractivity contribution in [1.82, 2.24) is 0 Å². The predicted molar refractivity (Wildman–Crippen MR) is 75.5 cm³/mol. The number of thiophene rings is 2. The van der Waals surface area contributed by atoms with E-state index in [9.17, 15) is 0 Å². The summed E-state index contributed by atoms with van der Waals surface area (Å²) in [5.41, 5.74) is 0. The van der Waals surface area contributed by atoms with E-state index in [1.165, 1.54) is 19.6 Å². The van der Waals surface area contributed by atoms with Crippen LogP contribution in [-0.4, -0.2) is 5.08 Å². The molecule has 0 spiro atoms. The van der Waals surface area contributed by atoms with E-state index in [1.54, 1.807) is 0 Å². The molecular weight excluding hydrogens is 260 g/mol. The number of hydrogen-bond acceptors (Lipinski definition) is 4. The van der Waals surface area contributed by atoms with Crippen LogP contribution in [0.5, 0.6) is 0 Å². The van der Waals surface area contributed by atoms with Crippen LogP contribution in [0.25, 0.3) is 9.81 Å². The average molecular weight is 268 g/mol. The quantitative estimate of drug-likeness (QED) is 0.745. The van der Waals surface area contributed by atoms with Gasteiger partial charge < -0.3 is 0 Å². The van der Waals surface area contributed by atoms with Crippen molar-refractivity contribution in [3.63, 3.8) is 0 Å². The normalized spacial score (nSPS) is 16.3. The van der Waals surface area contributed by atoms with Crippen LogP contribution < -0.4 is 0 Å². The molecule has 4 heteroatoms. The fraction of sp³-hybridized carbons (Fsp3) is 0.0909. The summed E-state index contributed by atoms with van der Waals surface area (Å²) in [7, 11) is 0. The van der Waals surface area contributed by atoms with Crippen LogP contribution in [0.15, 0.2) is 35.0 Å². The Morgan fingerprint density at radius 1 is 0.800 bits per heavy atom. The van der Waals surface area contributed by atoms with E-state index in [1.807, 2.05) is 46.2 Å². The van der Waals surface area contributed by atoms with Crippen LogP contribution >= 0.6 is 46.2 Å². The number of hydrogen-bond donors (Lipinski definition) is 0. The van der Waals surface area contributed by atoms with Crippen LogP contribution in [0, 0.1) is 0 Å². The van der Waals surface area contributed by atoms with Crippen LogP contribution in [0.4, 0.5) is 0 Å². The zero-order chi connectivity index (χ0) is 10.1. The summed E-state index contributed by atoms with van der Waals surface area (Å²) in [5.74, 6) is 0. The molecule has 0 saturated carbocycles. The van der Waals surface area contributed by atoms with Gasteiger partial charge in [0.25, 0.3) is 0 Å². The maximum absolute atomic E-state index is 2.21. The van der Waals surface area contributed by atoms with Gasteiger partial charge in [-0.1, -0.05) is 12.1 Å². The SMILES string of the molecule is c1csc(C2=C(c3cccs3)SCS2)c1. The average Bonchev–Trinajstić information content (AvgIpc) is 3.01. The first-order chi connectivity index (χ1) is 7.45. The Balaban J connectivity index is 2.09. The van der Waals surface area contributed by atoms with Gasteiger partial charge in [0.2, 0.25) is 0 Å². The largest absolute Gasteiger partial charge is 0.143 e. The Hall–Kier alpha value is -0.160. The lowest BCUT2D eigenvalue weighted by Gasteiger charge is -2.00. The van der Waals surface area contributed by atoms with Gasteiger partial charge in [-0.05, 0) is 22.9 Å². The lowest BCUT2D eigenvalue weighted by atomic mass is 10.3. The lowest BCUT2D eigenvalue weighted by Crippen LogP contribution is -1.73. The van der Waals surface area contributed by atoms with E-state index >= 15 is 0 Å². The van der Waals surface area contributed by atoms with E-state index in [2.05, 4.69) is 35.0 Å². The monoisotopic (exact) mass is 268 g/mol. The van der Waals surface area contributed by atoms with Gasteiger partial charge in [0.15, 0.2) is 0 Å². The molecule has 1 aliphatic heterocycles. The van der Waals surface area contributed by atoms with Gasteiger partial charge in [0.05, 0.1) is 0 Å². The third-order valence-electron chi connectivity index (χ3n) is 2.10. The van der Waals surface area contributed by atoms with E-state index in [4.69, 9.17) is 0 Å². The van der Waals surface area contributed by atoms with Crippen LogP contribution in [0.3, 0.4) is 0 Å². The van der Waals surface area contributed by atoms with Crippen LogP contribution in [-0.2, 0) is 0 Å². The predicted octanol–water partition coefficient (Wildman–Crippen LogP) is 5.07. The molecule has 0 atom stereocenters. The van der Waals surface area contributed by atoms with Crippen molar-refractivity contribution in [1.29, 1.82) is 0 Å². The molecule has 3 rings (SSSR count). The maximum atomic E-state index is 2.21. The fourth-order valence-corrected chi connectivity index (χ4v) is 6.01. The van der Waals surface area contributed by atoms with Crippen molar-refractivity contribution in [2.24, 2.45) is 0 Å². The van der Waals surface area contributed by atoms with Crippen molar-refractivity contribution < 1.29 is 0 Å². The minimum absolute atomic E-state index is 1.15. The van der Waals surface area contributed by atoms with E-state index in [0.29, 0.717) is 0 Å². The summed E-state index contributed by atoms with van der Waals surface area (Å²) in [6, 6.07) is 8.68. The van der Waals surface area contributed by atoms with Gasteiger partial charge in [-0.25, -0.2) is 0 Å². The summed E-state index contributed by atoms with van der Waals surface area (Å²) in [4.78, 5) is 5.76. The lowest BCUT2D eigenvalue weighted by molar-refractivity contribution is 1.92. The highest BCUT2D eigenvalue weighted by atomic mass is 32.2. The van der Waals surface area contributed by atoms with Crippen molar-refractivity contribution in [2.75, 3.05) is 5.08 Å². The third kappa shape index (κ3) is 1.91.